The van der Waals surface area contributed by atoms with Crippen molar-refractivity contribution >= 4 is 17.5 Å². The predicted octanol–water partition coefficient (Wildman–Crippen LogP) is 3.68. The van der Waals surface area contributed by atoms with Gasteiger partial charge in [0.2, 0.25) is 11.8 Å². The second-order valence-corrected chi connectivity index (χ2v) is 8.86. The summed E-state index contributed by atoms with van der Waals surface area (Å²) in [5.74, 6) is -0.240. The highest BCUT2D eigenvalue weighted by Gasteiger charge is 2.39. The first kappa shape index (κ1) is 21.4. The molecule has 1 aromatic carbocycles. The second-order valence-electron chi connectivity index (χ2n) is 8.86. The molecule has 0 bridgehead atoms. The predicted molar refractivity (Wildman–Crippen MR) is 118 cm³/mol. The SMILES string of the molecule is Cc1cccc(N2CCN(C(=O)C(C)(C)C(=O)NCCC3=CCCCC3)CC2)c1. The van der Waals surface area contributed by atoms with Crippen molar-refractivity contribution < 1.29 is 9.59 Å². The van der Waals surface area contributed by atoms with Gasteiger partial charge >= 0.3 is 0 Å². The van der Waals surface area contributed by atoms with E-state index in [-0.39, 0.29) is 11.8 Å². The number of carbonyl (C=O) groups is 2. The first-order valence-electron chi connectivity index (χ1n) is 10.9. The van der Waals surface area contributed by atoms with Crippen molar-refractivity contribution in [2.24, 2.45) is 5.41 Å². The molecule has 1 fully saturated rings. The van der Waals surface area contributed by atoms with E-state index in [1.54, 1.807) is 13.8 Å². The van der Waals surface area contributed by atoms with Crippen LogP contribution in [0.2, 0.25) is 0 Å². The van der Waals surface area contributed by atoms with Crippen molar-refractivity contribution in [2.45, 2.75) is 52.9 Å². The van der Waals surface area contributed by atoms with Gasteiger partial charge in [0.1, 0.15) is 5.41 Å². The van der Waals surface area contributed by atoms with Crippen molar-refractivity contribution in [3.05, 3.63) is 41.5 Å². The fraction of sp³-hybridized carbons (Fsp3) is 0.583. The Balaban J connectivity index is 1.49. The maximum Gasteiger partial charge on any atom is 0.237 e. The zero-order chi connectivity index (χ0) is 20.9. The van der Waals surface area contributed by atoms with Crippen LogP contribution in [0.15, 0.2) is 35.9 Å². The van der Waals surface area contributed by atoms with Crippen molar-refractivity contribution in [3.63, 3.8) is 0 Å². The quantitative estimate of drug-likeness (QED) is 0.589. The molecule has 1 saturated heterocycles. The van der Waals surface area contributed by atoms with E-state index in [1.165, 1.54) is 29.7 Å². The molecule has 0 aromatic heterocycles. The number of nitrogens with zero attached hydrogens (tertiary/aromatic N) is 2. The lowest BCUT2D eigenvalue weighted by molar-refractivity contribution is -0.148. The van der Waals surface area contributed by atoms with Gasteiger partial charge in [-0.2, -0.15) is 0 Å². The number of piperazine rings is 1. The zero-order valence-electron chi connectivity index (χ0n) is 18.2. The van der Waals surface area contributed by atoms with Gasteiger partial charge in [-0.05, 0) is 70.6 Å². The highest BCUT2D eigenvalue weighted by Crippen LogP contribution is 2.24. The van der Waals surface area contributed by atoms with Gasteiger partial charge in [-0.3, -0.25) is 9.59 Å². The average molecular weight is 398 g/mol. The molecule has 0 saturated carbocycles. The summed E-state index contributed by atoms with van der Waals surface area (Å²) in [5.41, 5.74) is 2.84. The Hall–Kier alpha value is -2.30. The highest BCUT2D eigenvalue weighted by atomic mass is 16.2. The number of hydrogen-bond acceptors (Lipinski definition) is 3. The lowest BCUT2D eigenvalue weighted by atomic mass is 9.89. The molecule has 1 heterocycles. The summed E-state index contributed by atoms with van der Waals surface area (Å²) < 4.78 is 0. The van der Waals surface area contributed by atoms with Crippen LogP contribution >= 0.6 is 0 Å². The van der Waals surface area contributed by atoms with E-state index < -0.39 is 5.41 Å². The van der Waals surface area contributed by atoms with Crippen LogP contribution in [0.3, 0.4) is 0 Å². The third kappa shape index (κ3) is 5.40. The van der Waals surface area contributed by atoms with Gasteiger partial charge < -0.3 is 15.1 Å². The number of hydrogen-bond donors (Lipinski definition) is 1. The van der Waals surface area contributed by atoms with Crippen molar-refractivity contribution in [1.82, 2.24) is 10.2 Å². The van der Waals surface area contributed by atoms with Crippen LogP contribution in [0.5, 0.6) is 0 Å². The standard InChI is InChI=1S/C24H35N3O2/c1-19-8-7-11-21(18-19)26-14-16-27(17-15-26)23(29)24(2,3)22(28)25-13-12-20-9-5-4-6-10-20/h7-9,11,18H,4-6,10,12-17H2,1-3H3,(H,25,28). The molecule has 2 aliphatic rings. The number of nitrogens with one attached hydrogen (secondary N) is 1. The van der Waals surface area contributed by atoms with Crippen molar-refractivity contribution in [2.75, 3.05) is 37.6 Å². The van der Waals surface area contributed by atoms with E-state index in [1.807, 2.05) is 4.90 Å². The Bertz CT molecular complexity index is 761. The molecule has 5 heteroatoms. The molecule has 158 valence electrons. The first-order chi connectivity index (χ1) is 13.9. The van der Waals surface area contributed by atoms with Gasteiger partial charge in [0.05, 0.1) is 0 Å². The molecule has 0 atom stereocenters. The number of benzene rings is 1. The van der Waals surface area contributed by atoms with Crippen LogP contribution in [0.25, 0.3) is 0 Å². The molecule has 1 N–H and O–H groups in total. The Morgan fingerprint density at radius 2 is 1.86 bits per heavy atom. The van der Waals surface area contributed by atoms with Crippen molar-refractivity contribution in [3.8, 4) is 0 Å². The summed E-state index contributed by atoms with van der Waals surface area (Å²) >= 11 is 0. The van der Waals surface area contributed by atoms with Crippen LogP contribution in [0.4, 0.5) is 5.69 Å². The topological polar surface area (TPSA) is 52.7 Å². The summed E-state index contributed by atoms with van der Waals surface area (Å²) in [7, 11) is 0. The van der Waals surface area contributed by atoms with Crippen LogP contribution < -0.4 is 10.2 Å². The summed E-state index contributed by atoms with van der Waals surface area (Å²) in [6.07, 6.45) is 8.02. The number of amides is 2. The van der Waals surface area contributed by atoms with E-state index in [9.17, 15) is 9.59 Å². The molecule has 0 spiro atoms. The summed E-state index contributed by atoms with van der Waals surface area (Å²) in [5, 5.41) is 2.99. The highest BCUT2D eigenvalue weighted by molar-refractivity contribution is 6.04. The second kappa shape index (κ2) is 9.47. The van der Waals surface area contributed by atoms with E-state index in [0.717, 1.165) is 32.4 Å². The smallest absolute Gasteiger partial charge is 0.237 e. The molecule has 1 aromatic rings. The number of anilines is 1. The molecular weight excluding hydrogens is 362 g/mol. The maximum atomic E-state index is 13.1. The van der Waals surface area contributed by atoms with Crippen LogP contribution in [0.1, 0.15) is 51.5 Å². The summed E-state index contributed by atoms with van der Waals surface area (Å²) in [4.78, 5) is 29.9. The Labute approximate surface area is 175 Å². The number of aryl methyl sites for hydroxylation is 1. The lowest BCUT2D eigenvalue weighted by Gasteiger charge is -2.39. The molecular formula is C24H35N3O2. The fourth-order valence-electron chi connectivity index (χ4n) is 4.17. The van der Waals surface area contributed by atoms with Gasteiger partial charge in [0, 0.05) is 38.4 Å². The van der Waals surface area contributed by atoms with Gasteiger partial charge in [-0.25, -0.2) is 0 Å². The lowest BCUT2D eigenvalue weighted by Crippen LogP contribution is -2.55. The number of rotatable bonds is 6. The van der Waals surface area contributed by atoms with Gasteiger partial charge in [0.25, 0.3) is 0 Å². The van der Waals surface area contributed by atoms with E-state index in [4.69, 9.17) is 0 Å². The van der Waals surface area contributed by atoms with Crippen LogP contribution in [-0.2, 0) is 9.59 Å². The van der Waals surface area contributed by atoms with Gasteiger partial charge in [0.15, 0.2) is 0 Å². The first-order valence-corrected chi connectivity index (χ1v) is 10.9. The molecule has 0 radical (unpaired) electrons. The minimum absolute atomic E-state index is 0.0734. The normalized spacial score (nSPS) is 17.7. The molecule has 2 amide bonds. The molecule has 1 aliphatic heterocycles. The zero-order valence-corrected chi connectivity index (χ0v) is 18.2. The summed E-state index contributed by atoms with van der Waals surface area (Å²) in [6, 6.07) is 8.45. The largest absolute Gasteiger partial charge is 0.368 e. The van der Waals surface area contributed by atoms with Crippen LogP contribution in [-0.4, -0.2) is 49.4 Å². The molecule has 0 unspecified atom stereocenters. The van der Waals surface area contributed by atoms with Crippen molar-refractivity contribution in [1.29, 1.82) is 0 Å². The monoisotopic (exact) mass is 397 g/mol. The third-order valence-electron chi connectivity index (χ3n) is 6.15. The number of carbonyl (C=O) groups excluding carboxylic acids is 2. The number of allylic oxidation sites excluding steroid dienone is 1. The van der Waals surface area contributed by atoms with Gasteiger partial charge in [-0.15, -0.1) is 0 Å². The fourth-order valence-corrected chi connectivity index (χ4v) is 4.17. The average Bonchev–Trinajstić information content (AvgIpc) is 2.74. The molecule has 5 nitrogen and oxygen atoms in total. The van der Waals surface area contributed by atoms with Gasteiger partial charge in [-0.1, -0.05) is 23.8 Å². The Morgan fingerprint density at radius 3 is 2.52 bits per heavy atom. The molecule has 29 heavy (non-hydrogen) atoms. The third-order valence-corrected chi connectivity index (χ3v) is 6.15. The van der Waals surface area contributed by atoms with Crippen LogP contribution in [0, 0.1) is 12.3 Å². The summed E-state index contributed by atoms with van der Waals surface area (Å²) in [6.45, 7) is 9.08. The van der Waals surface area contributed by atoms with E-state index >= 15 is 0 Å². The molecule has 3 rings (SSSR count). The molecule has 1 aliphatic carbocycles. The van der Waals surface area contributed by atoms with E-state index in [0.29, 0.717) is 19.6 Å². The Kier molecular flexibility index (Phi) is 6.99. The Morgan fingerprint density at radius 1 is 1.10 bits per heavy atom. The van der Waals surface area contributed by atoms with E-state index in [2.05, 4.69) is 47.5 Å². The minimum atomic E-state index is -1.04. The minimum Gasteiger partial charge on any atom is -0.368 e. The maximum absolute atomic E-state index is 13.1.